The summed E-state index contributed by atoms with van der Waals surface area (Å²) >= 11 is 5.64. The standard InChI is InChI=1S/C21H32N4O2S/c28-21(22-17-4-2-1-3-5-17)23-19-7-6-18(24-8-12-26-13-9-24)16-20(19)25-10-14-27-15-11-25/h6-7,16-17H,1-5,8-15H2,(H2,22,23,28). The van der Waals surface area contributed by atoms with E-state index in [0.717, 1.165) is 63.4 Å². The highest BCUT2D eigenvalue weighted by atomic mass is 32.1. The lowest BCUT2D eigenvalue weighted by atomic mass is 9.96. The van der Waals surface area contributed by atoms with Gasteiger partial charge in [-0.15, -0.1) is 0 Å². The molecule has 7 heteroatoms. The van der Waals surface area contributed by atoms with Crippen molar-refractivity contribution in [3.05, 3.63) is 18.2 Å². The van der Waals surface area contributed by atoms with Gasteiger partial charge < -0.3 is 29.9 Å². The van der Waals surface area contributed by atoms with Gasteiger partial charge in [0.05, 0.1) is 37.8 Å². The lowest BCUT2D eigenvalue weighted by Gasteiger charge is -2.34. The molecule has 2 heterocycles. The smallest absolute Gasteiger partial charge is 0.171 e. The van der Waals surface area contributed by atoms with Crippen LogP contribution >= 0.6 is 12.2 Å². The van der Waals surface area contributed by atoms with Crippen LogP contribution in [0, 0.1) is 0 Å². The fourth-order valence-corrected chi connectivity index (χ4v) is 4.58. The molecule has 1 saturated carbocycles. The highest BCUT2D eigenvalue weighted by molar-refractivity contribution is 7.80. The van der Waals surface area contributed by atoms with Gasteiger partial charge in [-0.05, 0) is 43.3 Å². The van der Waals surface area contributed by atoms with E-state index in [1.807, 2.05) is 0 Å². The van der Waals surface area contributed by atoms with Crippen LogP contribution in [0.1, 0.15) is 32.1 Å². The molecule has 2 aliphatic heterocycles. The van der Waals surface area contributed by atoms with E-state index in [1.54, 1.807) is 0 Å². The summed E-state index contributed by atoms with van der Waals surface area (Å²) in [6.45, 7) is 6.82. The maximum atomic E-state index is 5.64. The molecule has 2 saturated heterocycles. The van der Waals surface area contributed by atoms with E-state index < -0.39 is 0 Å². The molecular weight excluding hydrogens is 372 g/mol. The molecule has 1 aliphatic carbocycles. The molecule has 4 rings (SSSR count). The molecule has 28 heavy (non-hydrogen) atoms. The van der Waals surface area contributed by atoms with Crippen LogP contribution in [0.4, 0.5) is 17.1 Å². The quantitative estimate of drug-likeness (QED) is 0.748. The molecule has 2 N–H and O–H groups in total. The Morgan fingerprint density at radius 3 is 2.21 bits per heavy atom. The van der Waals surface area contributed by atoms with Crippen molar-refractivity contribution in [3.8, 4) is 0 Å². The van der Waals surface area contributed by atoms with E-state index in [1.165, 1.54) is 43.5 Å². The van der Waals surface area contributed by atoms with Crippen molar-refractivity contribution in [2.75, 3.05) is 67.7 Å². The van der Waals surface area contributed by atoms with E-state index in [2.05, 4.69) is 38.6 Å². The number of rotatable bonds is 4. The first kappa shape index (κ1) is 19.7. The van der Waals surface area contributed by atoms with Gasteiger partial charge in [0.15, 0.2) is 5.11 Å². The topological polar surface area (TPSA) is 49.0 Å². The minimum Gasteiger partial charge on any atom is -0.378 e. The van der Waals surface area contributed by atoms with Gasteiger partial charge in [0.25, 0.3) is 0 Å². The number of nitrogens with one attached hydrogen (secondary N) is 2. The second kappa shape index (κ2) is 9.76. The zero-order chi connectivity index (χ0) is 19.2. The van der Waals surface area contributed by atoms with Crippen LogP contribution in [0.5, 0.6) is 0 Å². The number of benzene rings is 1. The Balaban J connectivity index is 1.49. The average Bonchev–Trinajstić information content (AvgIpc) is 2.76. The van der Waals surface area contributed by atoms with E-state index in [-0.39, 0.29) is 0 Å². The predicted molar refractivity (Wildman–Crippen MR) is 119 cm³/mol. The van der Waals surface area contributed by atoms with Crippen LogP contribution in [-0.4, -0.2) is 63.8 Å². The highest BCUT2D eigenvalue weighted by Gasteiger charge is 2.20. The molecule has 0 bridgehead atoms. The van der Waals surface area contributed by atoms with Gasteiger partial charge in [-0.25, -0.2) is 0 Å². The number of thiocarbonyl (C=S) groups is 1. The van der Waals surface area contributed by atoms with E-state index in [9.17, 15) is 0 Å². The van der Waals surface area contributed by atoms with Gasteiger partial charge >= 0.3 is 0 Å². The minimum atomic E-state index is 0.508. The average molecular weight is 405 g/mol. The number of ether oxygens (including phenoxy) is 2. The third-order valence-electron chi connectivity index (χ3n) is 5.90. The van der Waals surface area contributed by atoms with Crippen molar-refractivity contribution in [1.29, 1.82) is 0 Å². The summed E-state index contributed by atoms with van der Waals surface area (Å²) in [5.74, 6) is 0. The summed E-state index contributed by atoms with van der Waals surface area (Å²) in [4.78, 5) is 4.80. The second-order valence-electron chi connectivity index (χ2n) is 7.83. The Kier molecular flexibility index (Phi) is 6.88. The lowest BCUT2D eigenvalue weighted by molar-refractivity contribution is 0.122. The van der Waals surface area contributed by atoms with Gasteiger partial charge in [-0.2, -0.15) is 0 Å². The first-order chi connectivity index (χ1) is 13.8. The second-order valence-corrected chi connectivity index (χ2v) is 8.24. The fraction of sp³-hybridized carbons (Fsp3) is 0.667. The molecule has 0 spiro atoms. The highest BCUT2D eigenvalue weighted by Crippen LogP contribution is 2.32. The number of hydrogen-bond donors (Lipinski definition) is 2. The number of hydrogen-bond acceptors (Lipinski definition) is 5. The third kappa shape index (κ3) is 5.07. The molecule has 0 aromatic heterocycles. The van der Waals surface area contributed by atoms with Crippen LogP contribution in [0.25, 0.3) is 0 Å². The zero-order valence-corrected chi connectivity index (χ0v) is 17.4. The molecule has 154 valence electrons. The maximum Gasteiger partial charge on any atom is 0.171 e. The Bertz CT molecular complexity index is 654. The summed E-state index contributed by atoms with van der Waals surface area (Å²) < 4.78 is 11.1. The van der Waals surface area contributed by atoms with Crippen LogP contribution in [-0.2, 0) is 9.47 Å². The molecule has 0 atom stereocenters. The zero-order valence-electron chi connectivity index (χ0n) is 16.6. The first-order valence-corrected chi connectivity index (χ1v) is 11.1. The van der Waals surface area contributed by atoms with Crippen LogP contribution in [0.15, 0.2) is 18.2 Å². The normalized spacial score (nSPS) is 21.4. The van der Waals surface area contributed by atoms with Crippen LogP contribution < -0.4 is 20.4 Å². The molecular formula is C21H32N4O2S. The Labute approximate surface area is 173 Å². The Morgan fingerprint density at radius 1 is 0.893 bits per heavy atom. The predicted octanol–water partition coefficient (Wildman–Crippen LogP) is 2.98. The number of nitrogens with zero attached hydrogens (tertiary/aromatic N) is 2. The number of morpholine rings is 2. The monoisotopic (exact) mass is 404 g/mol. The molecule has 1 aromatic rings. The van der Waals surface area contributed by atoms with Crippen molar-refractivity contribution in [2.45, 2.75) is 38.1 Å². The van der Waals surface area contributed by atoms with Crippen molar-refractivity contribution in [2.24, 2.45) is 0 Å². The van der Waals surface area contributed by atoms with Gasteiger partial charge in [0.2, 0.25) is 0 Å². The maximum absolute atomic E-state index is 5.64. The Hall–Kier alpha value is -1.57. The first-order valence-electron chi connectivity index (χ1n) is 10.7. The molecule has 0 unspecified atom stereocenters. The fourth-order valence-electron chi connectivity index (χ4n) is 4.30. The summed E-state index contributed by atoms with van der Waals surface area (Å²) in [6, 6.07) is 7.17. The van der Waals surface area contributed by atoms with E-state index in [0.29, 0.717) is 6.04 Å². The molecule has 1 aromatic carbocycles. The van der Waals surface area contributed by atoms with Crippen molar-refractivity contribution < 1.29 is 9.47 Å². The Morgan fingerprint density at radius 2 is 1.54 bits per heavy atom. The third-order valence-corrected chi connectivity index (χ3v) is 6.12. The van der Waals surface area contributed by atoms with Gasteiger partial charge in [0.1, 0.15) is 0 Å². The SMILES string of the molecule is S=C(Nc1ccc(N2CCOCC2)cc1N1CCOCC1)NC1CCCCC1. The van der Waals surface area contributed by atoms with Crippen molar-refractivity contribution in [1.82, 2.24) is 5.32 Å². The van der Waals surface area contributed by atoms with E-state index in [4.69, 9.17) is 21.7 Å². The molecule has 0 amide bonds. The largest absolute Gasteiger partial charge is 0.378 e. The van der Waals surface area contributed by atoms with Crippen molar-refractivity contribution >= 4 is 34.4 Å². The van der Waals surface area contributed by atoms with Gasteiger partial charge in [-0.3, -0.25) is 0 Å². The molecule has 6 nitrogen and oxygen atoms in total. The summed E-state index contributed by atoms with van der Waals surface area (Å²) in [5, 5.41) is 7.74. The van der Waals surface area contributed by atoms with Gasteiger partial charge in [-0.1, -0.05) is 19.3 Å². The molecule has 3 aliphatic rings. The summed E-state index contributed by atoms with van der Waals surface area (Å²) in [5.41, 5.74) is 3.54. The minimum absolute atomic E-state index is 0.508. The van der Waals surface area contributed by atoms with Crippen LogP contribution in [0.2, 0.25) is 0 Å². The van der Waals surface area contributed by atoms with E-state index >= 15 is 0 Å². The summed E-state index contributed by atoms with van der Waals surface area (Å²) in [6.07, 6.45) is 6.38. The lowest BCUT2D eigenvalue weighted by Crippen LogP contribution is -2.40. The number of anilines is 3. The molecule has 0 radical (unpaired) electrons. The van der Waals surface area contributed by atoms with Crippen molar-refractivity contribution in [3.63, 3.8) is 0 Å². The van der Waals surface area contributed by atoms with Crippen LogP contribution in [0.3, 0.4) is 0 Å². The summed E-state index contributed by atoms with van der Waals surface area (Å²) in [7, 11) is 0. The van der Waals surface area contributed by atoms with Gasteiger partial charge in [0, 0.05) is 37.9 Å². The molecule has 3 fully saturated rings.